The highest BCUT2D eigenvalue weighted by Gasteiger charge is 2.45. The molecule has 0 spiro atoms. The number of hydrogen-bond acceptors (Lipinski definition) is 7. The van der Waals surface area contributed by atoms with Gasteiger partial charge in [0.05, 0.1) is 13.2 Å². The number of rotatable bonds is 7. The second-order valence-corrected chi connectivity index (χ2v) is 7.70. The van der Waals surface area contributed by atoms with E-state index in [9.17, 15) is 19.9 Å². The normalized spacial score (nSPS) is 36.0. The Morgan fingerprint density at radius 3 is 2.29 bits per heavy atom. The Morgan fingerprint density at radius 2 is 1.67 bits per heavy atom. The molecule has 24 heavy (non-hydrogen) atoms. The molecule has 1 saturated carbocycles. The van der Waals surface area contributed by atoms with Crippen LogP contribution in [0.1, 0.15) is 38.5 Å². The van der Waals surface area contributed by atoms with Gasteiger partial charge in [0, 0.05) is 0 Å². The molecule has 1 aliphatic carbocycles. The molecule has 1 unspecified atom stereocenters. The van der Waals surface area contributed by atoms with E-state index in [-0.39, 0.29) is 0 Å². The maximum absolute atomic E-state index is 10.7. The Hall–Kier alpha value is -0.0900. The number of phosphoric acid groups is 1. The molecule has 0 radical (unpaired) electrons. The topological polar surface area (TPSA) is 146 Å². The summed E-state index contributed by atoms with van der Waals surface area (Å²) in [5, 5.41) is 29.6. The molecule has 2 rings (SSSR count). The lowest BCUT2D eigenvalue weighted by atomic mass is 9.87. The molecular weight excluding hydrogens is 343 g/mol. The Labute approximate surface area is 140 Å². The number of phosphoric ester groups is 1. The van der Waals surface area contributed by atoms with E-state index in [0.717, 1.165) is 19.3 Å². The number of ether oxygens (including phenoxy) is 2. The van der Waals surface area contributed by atoms with E-state index in [1.807, 2.05) is 0 Å². The minimum absolute atomic E-state index is 0.335. The average Bonchev–Trinajstić information content (AvgIpc) is 2.54. The lowest BCUT2D eigenvalue weighted by Gasteiger charge is -2.40. The number of aliphatic hydroxyl groups excluding tert-OH is 3. The third kappa shape index (κ3) is 6.01. The predicted molar refractivity (Wildman–Crippen MR) is 81.8 cm³/mol. The molecule has 0 aromatic rings. The van der Waals surface area contributed by atoms with Crippen molar-refractivity contribution in [1.82, 2.24) is 0 Å². The summed E-state index contributed by atoms with van der Waals surface area (Å²) in [6.45, 7) is -0.293. The third-order valence-corrected chi connectivity index (χ3v) is 5.09. The van der Waals surface area contributed by atoms with Gasteiger partial charge in [0.1, 0.15) is 24.4 Å². The van der Waals surface area contributed by atoms with Crippen LogP contribution in [-0.4, -0.2) is 69.0 Å². The molecule has 0 aromatic heterocycles. The Balaban J connectivity index is 1.82. The minimum Gasteiger partial charge on any atom is -0.387 e. The van der Waals surface area contributed by atoms with Crippen molar-refractivity contribution in [2.45, 2.75) is 69.2 Å². The van der Waals surface area contributed by atoms with Crippen LogP contribution in [0, 0.1) is 5.92 Å². The van der Waals surface area contributed by atoms with Gasteiger partial charge in [-0.15, -0.1) is 0 Å². The van der Waals surface area contributed by atoms with Crippen molar-refractivity contribution in [3.63, 3.8) is 0 Å². The highest BCUT2D eigenvalue weighted by Crippen LogP contribution is 2.37. The molecule has 10 heteroatoms. The van der Waals surface area contributed by atoms with Crippen LogP contribution in [0.3, 0.4) is 0 Å². The first-order valence-electron chi connectivity index (χ1n) is 8.29. The molecule has 1 aliphatic heterocycles. The highest BCUT2D eigenvalue weighted by molar-refractivity contribution is 7.46. The highest BCUT2D eigenvalue weighted by atomic mass is 31.2. The average molecular weight is 370 g/mol. The number of hydrogen-bond donors (Lipinski definition) is 5. The Morgan fingerprint density at radius 1 is 1.00 bits per heavy atom. The van der Waals surface area contributed by atoms with Gasteiger partial charge in [-0.3, -0.25) is 4.52 Å². The first-order valence-corrected chi connectivity index (χ1v) is 9.82. The predicted octanol–water partition coefficient (Wildman–Crippen LogP) is -0.110. The zero-order chi connectivity index (χ0) is 17.7. The van der Waals surface area contributed by atoms with E-state index >= 15 is 0 Å². The van der Waals surface area contributed by atoms with Crippen molar-refractivity contribution in [2.75, 3.05) is 13.2 Å². The summed E-state index contributed by atoms with van der Waals surface area (Å²) in [6, 6.07) is 0. The van der Waals surface area contributed by atoms with Gasteiger partial charge in [-0.1, -0.05) is 32.1 Å². The van der Waals surface area contributed by atoms with Gasteiger partial charge in [0.2, 0.25) is 0 Å². The third-order valence-electron chi connectivity index (χ3n) is 4.61. The fourth-order valence-corrected chi connectivity index (χ4v) is 3.53. The molecule has 142 valence electrons. The summed E-state index contributed by atoms with van der Waals surface area (Å²) in [5.74, 6) is 0.573. The summed E-state index contributed by atoms with van der Waals surface area (Å²) >= 11 is 0. The first-order chi connectivity index (χ1) is 11.3. The van der Waals surface area contributed by atoms with Gasteiger partial charge in [-0.05, 0) is 12.3 Å². The summed E-state index contributed by atoms with van der Waals surface area (Å²) < 4.78 is 25.9. The van der Waals surface area contributed by atoms with E-state index in [1.165, 1.54) is 19.3 Å². The fraction of sp³-hybridized carbons (Fsp3) is 1.00. The van der Waals surface area contributed by atoms with Crippen molar-refractivity contribution in [2.24, 2.45) is 5.92 Å². The van der Waals surface area contributed by atoms with Crippen LogP contribution in [0.25, 0.3) is 0 Å². The van der Waals surface area contributed by atoms with Crippen molar-refractivity contribution in [3.05, 3.63) is 0 Å². The van der Waals surface area contributed by atoms with Crippen molar-refractivity contribution >= 4 is 7.82 Å². The monoisotopic (exact) mass is 370 g/mol. The maximum atomic E-state index is 10.7. The summed E-state index contributed by atoms with van der Waals surface area (Å²) in [4.78, 5) is 17.4. The summed E-state index contributed by atoms with van der Waals surface area (Å²) in [6.07, 6.45) is -0.143. The van der Waals surface area contributed by atoms with E-state index < -0.39 is 45.1 Å². The molecule has 0 amide bonds. The van der Waals surface area contributed by atoms with Crippen LogP contribution >= 0.6 is 7.82 Å². The van der Waals surface area contributed by atoms with Gasteiger partial charge in [0.25, 0.3) is 0 Å². The molecule has 9 nitrogen and oxygen atoms in total. The van der Waals surface area contributed by atoms with Crippen LogP contribution in [-0.2, 0) is 18.6 Å². The fourth-order valence-electron chi connectivity index (χ4n) is 3.19. The van der Waals surface area contributed by atoms with Gasteiger partial charge in [0.15, 0.2) is 6.29 Å². The Bertz CT molecular complexity index is 422. The van der Waals surface area contributed by atoms with Gasteiger partial charge < -0.3 is 34.6 Å². The van der Waals surface area contributed by atoms with Gasteiger partial charge in [-0.2, -0.15) is 0 Å². The van der Waals surface area contributed by atoms with Crippen molar-refractivity contribution in [3.8, 4) is 0 Å². The molecular formula is C14H27O9P. The van der Waals surface area contributed by atoms with Crippen molar-refractivity contribution in [1.29, 1.82) is 0 Å². The van der Waals surface area contributed by atoms with Gasteiger partial charge in [-0.25, -0.2) is 4.57 Å². The lowest BCUT2D eigenvalue weighted by Crippen LogP contribution is -2.59. The van der Waals surface area contributed by atoms with Crippen LogP contribution in [0.15, 0.2) is 0 Å². The van der Waals surface area contributed by atoms with Crippen LogP contribution in [0.4, 0.5) is 0 Å². The molecule has 5 atom stereocenters. The lowest BCUT2D eigenvalue weighted by molar-refractivity contribution is -0.300. The molecule has 2 fully saturated rings. The molecule has 1 heterocycles. The largest absolute Gasteiger partial charge is 0.469 e. The quantitative estimate of drug-likeness (QED) is 0.387. The molecule has 5 N–H and O–H groups in total. The van der Waals surface area contributed by atoms with Gasteiger partial charge >= 0.3 is 7.82 Å². The minimum atomic E-state index is -4.73. The number of aliphatic hydroxyl groups is 3. The summed E-state index contributed by atoms with van der Waals surface area (Å²) in [5.41, 5.74) is 0. The molecule has 1 saturated heterocycles. The zero-order valence-electron chi connectivity index (χ0n) is 13.4. The molecule has 0 bridgehead atoms. The second-order valence-electron chi connectivity index (χ2n) is 6.46. The summed E-state index contributed by atoms with van der Waals surface area (Å²) in [7, 11) is -4.73. The SMILES string of the molecule is O=P(O)(O)OC[C@H]1OC(OCCC2CCCCC2)[C@@H](O)[C@@H](O)[C@@H]1O. The van der Waals surface area contributed by atoms with Crippen LogP contribution < -0.4 is 0 Å². The van der Waals surface area contributed by atoms with Crippen molar-refractivity contribution < 1.29 is 43.7 Å². The smallest absolute Gasteiger partial charge is 0.387 e. The molecule has 2 aliphatic rings. The van der Waals surface area contributed by atoms with Crippen LogP contribution in [0.2, 0.25) is 0 Å². The van der Waals surface area contributed by atoms with E-state index in [1.54, 1.807) is 0 Å². The first kappa shape index (κ1) is 20.2. The Kier molecular flexibility index (Phi) is 7.60. The second kappa shape index (κ2) is 9.02. The van der Waals surface area contributed by atoms with E-state index in [0.29, 0.717) is 12.5 Å². The zero-order valence-corrected chi connectivity index (χ0v) is 14.3. The van der Waals surface area contributed by atoms with E-state index in [4.69, 9.17) is 19.3 Å². The molecule has 0 aromatic carbocycles. The standard InChI is InChI=1S/C14H27O9P/c15-11-10(8-22-24(18,19)20)23-14(13(17)12(11)16)21-7-6-9-4-2-1-3-5-9/h9-17H,1-8H2,(H2,18,19,20)/t10-,11-,12+,13+,14?/m1/s1. The van der Waals surface area contributed by atoms with Crippen LogP contribution in [0.5, 0.6) is 0 Å². The maximum Gasteiger partial charge on any atom is 0.469 e. The van der Waals surface area contributed by atoms with E-state index in [2.05, 4.69) is 4.52 Å².